The summed E-state index contributed by atoms with van der Waals surface area (Å²) in [5, 5.41) is 14.8. The molecule has 2 aromatic carbocycles. The van der Waals surface area contributed by atoms with Gasteiger partial charge in [-0.05, 0) is 5.56 Å². The highest BCUT2D eigenvalue weighted by Crippen LogP contribution is 2.19. The van der Waals surface area contributed by atoms with Crippen molar-refractivity contribution in [1.29, 1.82) is 0 Å². The van der Waals surface area contributed by atoms with Crippen LogP contribution in [0, 0.1) is 10.1 Å². The van der Waals surface area contributed by atoms with Crippen LogP contribution in [0.4, 0.5) is 10.5 Å². The van der Waals surface area contributed by atoms with Crippen molar-refractivity contribution in [3.63, 3.8) is 0 Å². The van der Waals surface area contributed by atoms with Crippen LogP contribution >= 0.6 is 0 Å². The second kappa shape index (κ2) is 7.00. The average molecular weight is 340 g/mol. The number of nitrogens with one attached hydrogen (secondary N) is 2. The molecule has 128 valence electrons. The van der Waals surface area contributed by atoms with E-state index in [1.54, 1.807) is 18.2 Å². The third-order valence-electron chi connectivity index (χ3n) is 3.90. The van der Waals surface area contributed by atoms with Crippen LogP contribution in [0.2, 0.25) is 0 Å². The van der Waals surface area contributed by atoms with Gasteiger partial charge < -0.3 is 5.32 Å². The first-order chi connectivity index (χ1) is 12.0. The Morgan fingerprint density at radius 2 is 1.72 bits per heavy atom. The molecule has 3 amide bonds. The van der Waals surface area contributed by atoms with Crippen LogP contribution in [0.15, 0.2) is 54.6 Å². The molecule has 8 nitrogen and oxygen atoms in total. The summed E-state index contributed by atoms with van der Waals surface area (Å²) >= 11 is 0. The summed E-state index contributed by atoms with van der Waals surface area (Å²) in [6.07, 6.45) is 0.373. The standard InChI is InChI=1S/C17H16N4O4/c22-16-14(10-12-6-2-1-3-7-12)18-17(23)20(19-16)11-13-8-4-5-9-15(13)21(24)25/h1-9,14H,10-11H2,(H,18,23)(H,19,22)/t14-/m0/s1. The molecule has 2 aromatic rings. The lowest BCUT2D eigenvalue weighted by Gasteiger charge is -2.32. The molecule has 1 heterocycles. The molecule has 0 unspecified atom stereocenters. The van der Waals surface area contributed by atoms with Crippen LogP contribution in [0.3, 0.4) is 0 Å². The predicted octanol–water partition coefficient (Wildman–Crippen LogP) is 1.76. The van der Waals surface area contributed by atoms with Gasteiger partial charge in [0.05, 0.1) is 17.0 Å². The second-order valence-electron chi connectivity index (χ2n) is 5.64. The van der Waals surface area contributed by atoms with Crippen LogP contribution in [0.25, 0.3) is 0 Å². The maximum atomic E-state index is 12.3. The van der Waals surface area contributed by atoms with Crippen LogP contribution in [-0.2, 0) is 17.8 Å². The minimum Gasteiger partial charge on any atom is -0.324 e. The summed E-state index contributed by atoms with van der Waals surface area (Å²) in [7, 11) is 0. The van der Waals surface area contributed by atoms with Gasteiger partial charge in [-0.3, -0.25) is 20.3 Å². The highest BCUT2D eigenvalue weighted by molar-refractivity contribution is 5.92. The zero-order valence-electron chi connectivity index (χ0n) is 13.2. The van der Waals surface area contributed by atoms with Crippen molar-refractivity contribution in [2.75, 3.05) is 0 Å². The lowest BCUT2D eigenvalue weighted by atomic mass is 10.1. The maximum Gasteiger partial charge on any atom is 0.337 e. The van der Waals surface area contributed by atoms with Crippen molar-refractivity contribution in [2.24, 2.45) is 0 Å². The van der Waals surface area contributed by atoms with Gasteiger partial charge in [-0.25, -0.2) is 9.80 Å². The zero-order chi connectivity index (χ0) is 17.8. The summed E-state index contributed by atoms with van der Waals surface area (Å²) in [6, 6.07) is 14.3. The van der Waals surface area contributed by atoms with Crippen LogP contribution < -0.4 is 10.7 Å². The Balaban J connectivity index is 1.70. The van der Waals surface area contributed by atoms with Gasteiger partial charge in [0.15, 0.2) is 0 Å². The molecule has 0 bridgehead atoms. The van der Waals surface area contributed by atoms with Gasteiger partial charge in [0.2, 0.25) is 0 Å². The normalized spacial score (nSPS) is 17.0. The number of amides is 3. The van der Waals surface area contributed by atoms with E-state index in [2.05, 4.69) is 10.7 Å². The average Bonchev–Trinajstić information content (AvgIpc) is 2.60. The summed E-state index contributed by atoms with van der Waals surface area (Å²) in [4.78, 5) is 35.1. The van der Waals surface area contributed by atoms with Gasteiger partial charge >= 0.3 is 6.03 Å². The number of nitrogens with zero attached hydrogens (tertiary/aromatic N) is 2. The van der Waals surface area contributed by atoms with Crippen LogP contribution in [0.5, 0.6) is 0 Å². The third-order valence-corrected chi connectivity index (χ3v) is 3.90. The number of hydrogen-bond acceptors (Lipinski definition) is 4. The number of carbonyl (C=O) groups excluding carboxylic acids is 2. The molecule has 1 aliphatic heterocycles. The summed E-state index contributed by atoms with van der Waals surface area (Å²) < 4.78 is 0. The fourth-order valence-corrected chi connectivity index (χ4v) is 2.65. The second-order valence-corrected chi connectivity index (χ2v) is 5.64. The van der Waals surface area contributed by atoms with Gasteiger partial charge in [0.1, 0.15) is 6.04 Å². The Morgan fingerprint density at radius 3 is 2.44 bits per heavy atom. The largest absolute Gasteiger partial charge is 0.337 e. The molecule has 1 atom stereocenters. The summed E-state index contributed by atoms with van der Waals surface area (Å²) in [6.45, 7) is -0.0905. The van der Waals surface area contributed by atoms with E-state index >= 15 is 0 Å². The van der Waals surface area contributed by atoms with Crippen molar-refractivity contribution in [3.05, 3.63) is 75.8 Å². The van der Waals surface area contributed by atoms with E-state index in [1.807, 2.05) is 30.3 Å². The first-order valence-corrected chi connectivity index (χ1v) is 7.69. The minimum absolute atomic E-state index is 0.0905. The van der Waals surface area contributed by atoms with Crippen LogP contribution in [0.1, 0.15) is 11.1 Å². The summed E-state index contributed by atoms with van der Waals surface area (Å²) in [5.74, 6) is -0.359. The molecule has 1 fully saturated rings. The Kier molecular flexibility index (Phi) is 4.60. The minimum atomic E-state index is -0.683. The van der Waals surface area contributed by atoms with Crippen molar-refractivity contribution in [1.82, 2.24) is 15.8 Å². The molecule has 2 N–H and O–H groups in total. The number of nitro groups is 1. The fraction of sp³-hybridized carbons (Fsp3) is 0.176. The lowest BCUT2D eigenvalue weighted by molar-refractivity contribution is -0.385. The summed E-state index contributed by atoms with van der Waals surface area (Å²) in [5.41, 5.74) is 3.67. The number of hydrogen-bond donors (Lipinski definition) is 2. The van der Waals surface area contributed by atoms with Gasteiger partial charge in [0, 0.05) is 12.5 Å². The number of nitro benzene ring substituents is 1. The Bertz CT molecular complexity index is 809. The monoisotopic (exact) mass is 340 g/mol. The Hall–Kier alpha value is -3.42. The zero-order valence-corrected chi connectivity index (χ0v) is 13.2. The molecule has 0 spiro atoms. The molecular weight excluding hydrogens is 324 g/mol. The van der Waals surface area contributed by atoms with Gasteiger partial charge in [-0.1, -0.05) is 48.5 Å². The fourth-order valence-electron chi connectivity index (χ4n) is 2.65. The number of benzene rings is 2. The highest BCUT2D eigenvalue weighted by Gasteiger charge is 2.32. The number of urea groups is 1. The molecule has 25 heavy (non-hydrogen) atoms. The van der Waals surface area contributed by atoms with Crippen molar-refractivity contribution >= 4 is 17.6 Å². The van der Waals surface area contributed by atoms with E-state index in [-0.39, 0.29) is 18.1 Å². The van der Waals surface area contributed by atoms with E-state index in [0.29, 0.717) is 12.0 Å². The smallest absolute Gasteiger partial charge is 0.324 e. The number of rotatable bonds is 5. The highest BCUT2D eigenvalue weighted by atomic mass is 16.6. The van der Waals surface area contributed by atoms with Crippen molar-refractivity contribution in [3.8, 4) is 0 Å². The molecular formula is C17H16N4O4. The number of carbonyl (C=O) groups is 2. The molecule has 1 aliphatic rings. The Labute approximate surface area is 143 Å². The predicted molar refractivity (Wildman–Crippen MR) is 89.2 cm³/mol. The third kappa shape index (κ3) is 3.74. The van der Waals surface area contributed by atoms with E-state index in [1.165, 1.54) is 6.07 Å². The molecule has 0 aromatic heterocycles. The molecule has 8 heteroatoms. The lowest BCUT2D eigenvalue weighted by Crippen LogP contribution is -2.64. The molecule has 3 rings (SSSR count). The van der Waals surface area contributed by atoms with Crippen molar-refractivity contribution in [2.45, 2.75) is 19.0 Å². The SMILES string of the molecule is O=C1NN(Cc2ccccc2[N+](=O)[O-])C(=O)N[C@H]1Cc1ccccc1. The van der Waals surface area contributed by atoms with E-state index in [9.17, 15) is 19.7 Å². The Morgan fingerprint density at radius 1 is 1.04 bits per heavy atom. The molecule has 0 saturated carbocycles. The number of hydrazine groups is 1. The van der Waals surface area contributed by atoms with Gasteiger partial charge in [-0.2, -0.15) is 0 Å². The molecule has 0 radical (unpaired) electrons. The van der Waals surface area contributed by atoms with Crippen molar-refractivity contribution < 1.29 is 14.5 Å². The topological polar surface area (TPSA) is 105 Å². The first-order valence-electron chi connectivity index (χ1n) is 7.69. The van der Waals surface area contributed by atoms with Gasteiger partial charge in [-0.15, -0.1) is 0 Å². The van der Waals surface area contributed by atoms with Crippen LogP contribution in [-0.4, -0.2) is 27.9 Å². The quantitative estimate of drug-likeness (QED) is 0.639. The van der Waals surface area contributed by atoms with E-state index in [0.717, 1.165) is 10.6 Å². The maximum absolute atomic E-state index is 12.3. The molecule has 0 aliphatic carbocycles. The number of para-hydroxylation sites is 1. The molecule has 1 saturated heterocycles. The van der Waals surface area contributed by atoms with E-state index < -0.39 is 17.0 Å². The van der Waals surface area contributed by atoms with E-state index in [4.69, 9.17) is 0 Å². The van der Waals surface area contributed by atoms with Gasteiger partial charge in [0.25, 0.3) is 11.6 Å². The first kappa shape index (κ1) is 16.4.